The largest absolute Gasteiger partial charge is 0.346 e. The van der Waals surface area contributed by atoms with E-state index in [2.05, 4.69) is 21.9 Å². The number of nitrogens with zero attached hydrogens (tertiary/aromatic N) is 12. The van der Waals surface area contributed by atoms with Crippen molar-refractivity contribution < 1.29 is 4.79 Å². The van der Waals surface area contributed by atoms with Crippen molar-refractivity contribution in [1.82, 2.24) is 52.5 Å². The molecule has 3 aromatic heterocycles. The summed E-state index contributed by atoms with van der Waals surface area (Å²) in [5, 5.41) is 13.0. The lowest BCUT2D eigenvalue weighted by Gasteiger charge is -2.25. The molecular weight excluding hydrogens is 516 g/mol. The third-order valence-electron chi connectivity index (χ3n) is 5.64. The van der Waals surface area contributed by atoms with Gasteiger partial charge in [0.25, 0.3) is 0 Å². The minimum atomic E-state index is -0.299. The number of rotatable bonds is 0. The first kappa shape index (κ1) is 31.7. The van der Waals surface area contributed by atoms with Gasteiger partial charge in [-0.3, -0.25) is 9.47 Å². The molecule has 2 amide bonds. The molecule has 210 valence electrons. The Morgan fingerprint density at radius 3 is 1.34 bits per heavy atom. The summed E-state index contributed by atoms with van der Waals surface area (Å²) in [4.78, 5) is 45.1. The van der Waals surface area contributed by atoms with Crippen molar-refractivity contribution in [3.05, 3.63) is 60.1 Å². The molecule has 0 N–H and O–H groups in total. The third kappa shape index (κ3) is 7.15. The molecule has 1 aliphatic heterocycles. The lowest BCUT2D eigenvalue weighted by atomic mass is 10.4. The van der Waals surface area contributed by atoms with Gasteiger partial charge in [0.15, 0.2) is 4.77 Å². The van der Waals surface area contributed by atoms with E-state index in [0.717, 1.165) is 21.0 Å². The smallest absolute Gasteiger partial charge is 0.307 e. The van der Waals surface area contributed by atoms with Crippen molar-refractivity contribution in [1.29, 1.82) is 0 Å². The Bertz CT molecular complexity index is 1480. The minimum absolute atomic E-state index is 0.0764. The van der Waals surface area contributed by atoms with E-state index in [4.69, 9.17) is 12.2 Å². The Hall–Kier alpha value is -4.28. The summed E-state index contributed by atoms with van der Waals surface area (Å²) in [5.41, 5.74) is -0.0596. The van der Waals surface area contributed by atoms with E-state index in [-0.39, 0.29) is 23.1 Å². The average molecular weight is 553 g/mol. The standard InChI is InChI=1S/C6H9N3O.C5H9N3O2.C5H9N3O.C5H9N3S/c1-5-4-7-9(3)6(10)8(5)2;1-6-4(9)7(2)8(3)5(6)10;2*1-4-6-8(3)5(9)7(4)2/h4H,1H2,2-3H3;1-3H3;2*1-3H3. The maximum absolute atomic E-state index is 11.0. The summed E-state index contributed by atoms with van der Waals surface area (Å²) >= 11 is 4.98. The van der Waals surface area contributed by atoms with Crippen LogP contribution in [0, 0.1) is 18.6 Å². The molecule has 0 unspecified atom stereocenters. The van der Waals surface area contributed by atoms with Crippen LogP contribution in [0.3, 0.4) is 0 Å². The monoisotopic (exact) mass is 552 g/mol. The van der Waals surface area contributed by atoms with E-state index in [0.29, 0.717) is 5.70 Å². The van der Waals surface area contributed by atoms with Gasteiger partial charge in [-0.25, -0.2) is 47.5 Å². The van der Waals surface area contributed by atoms with Crippen LogP contribution in [0.25, 0.3) is 0 Å². The number of carbonyl (C=O) groups excluding carboxylic acids is 1. The molecule has 0 spiro atoms. The second-order valence-corrected chi connectivity index (χ2v) is 8.66. The van der Waals surface area contributed by atoms with E-state index in [9.17, 15) is 19.2 Å². The number of hydrazone groups is 1. The van der Waals surface area contributed by atoms with Crippen LogP contribution >= 0.6 is 12.2 Å². The maximum Gasteiger partial charge on any atom is 0.346 e. The molecule has 0 radical (unpaired) electrons. The summed E-state index contributed by atoms with van der Waals surface area (Å²) in [6.45, 7) is 7.33. The molecule has 0 aliphatic carbocycles. The van der Waals surface area contributed by atoms with Crippen molar-refractivity contribution in [3.63, 3.8) is 0 Å². The normalized spacial score (nSPS) is 12.4. The van der Waals surface area contributed by atoms with Crippen molar-refractivity contribution in [2.45, 2.75) is 13.8 Å². The van der Waals surface area contributed by atoms with Crippen LogP contribution in [0.15, 0.2) is 31.8 Å². The van der Waals surface area contributed by atoms with Crippen LogP contribution in [0.4, 0.5) is 4.79 Å². The highest BCUT2D eigenvalue weighted by atomic mass is 32.1. The Morgan fingerprint density at radius 2 is 1.13 bits per heavy atom. The molecule has 0 bridgehead atoms. The van der Waals surface area contributed by atoms with Gasteiger partial charge in [0, 0.05) is 63.4 Å². The molecule has 4 heterocycles. The molecule has 0 fully saturated rings. The first-order chi connectivity index (χ1) is 17.4. The van der Waals surface area contributed by atoms with Crippen LogP contribution < -0.4 is 17.1 Å². The van der Waals surface area contributed by atoms with Crippen molar-refractivity contribution >= 4 is 24.5 Å². The fraction of sp³-hybridized carbons (Fsp3) is 0.524. The van der Waals surface area contributed by atoms with Gasteiger partial charge < -0.3 is 4.57 Å². The molecule has 38 heavy (non-hydrogen) atoms. The number of hydrogen-bond acceptors (Lipinski definition) is 8. The van der Waals surface area contributed by atoms with Crippen LogP contribution in [0.5, 0.6) is 0 Å². The molecular formula is C21H36N12O4S. The van der Waals surface area contributed by atoms with Crippen molar-refractivity contribution in [2.75, 3.05) is 14.1 Å². The summed E-state index contributed by atoms with van der Waals surface area (Å²) in [7, 11) is 14.9. The summed E-state index contributed by atoms with van der Waals surface area (Å²) in [5.74, 6) is 1.69. The predicted octanol–water partition coefficient (Wildman–Crippen LogP) is -0.871. The van der Waals surface area contributed by atoms with E-state index in [1.807, 2.05) is 25.6 Å². The van der Waals surface area contributed by atoms with Gasteiger partial charge in [-0.1, -0.05) is 6.58 Å². The van der Waals surface area contributed by atoms with E-state index in [1.165, 1.54) is 35.6 Å². The van der Waals surface area contributed by atoms with Crippen LogP contribution in [-0.4, -0.2) is 78.9 Å². The van der Waals surface area contributed by atoms with Crippen LogP contribution in [0.2, 0.25) is 0 Å². The average Bonchev–Trinajstić information content (AvgIpc) is 3.31. The van der Waals surface area contributed by atoms with E-state index < -0.39 is 0 Å². The third-order valence-corrected chi connectivity index (χ3v) is 6.18. The maximum atomic E-state index is 11.0. The lowest BCUT2D eigenvalue weighted by molar-refractivity contribution is 0.184. The van der Waals surface area contributed by atoms with Gasteiger partial charge in [-0.05, 0) is 26.1 Å². The van der Waals surface area contributed by atoms with Crippen LogP contribution in [0.1, 0.15) is 11.6 Å². The molecule has 16 nitrogen and oxygen atoms in total. The highest BCUT2D eigenvalue weighted by Crippen LogP contribution is 2.06. The Kier molecular flexibility index (Phi) is 10.7. The zero-order chi connectivity index (χ0) is 29.6. The van der Waals surface area contributed by atoms with Crippen LogP contribution in [-0.2, 0) is 49.3 Å². The minimum Gasteiger partial charge on any atom is -0.307 e. The number of allylic oxidation sites excluding steroid dienone is 1. The number of amides is 2. The zero-order valence-corrected chi connectivity index (χ0v) is 24.5. The number of carbonyl (C=O) groups is 1. The first-order valence-corrected chi connectivity index (χ1v) is 11.5. The van der Waals surface area contributed by atoms with E-state index in [1.54, 1.807) is 60.1 Å². The van der Waals surface area contributed by atoms with Crippen molar-refractivity contribution in [2.24, 2.45) is 54.4 Å². The molecule has 0 saturated heterocycles. The SMILES string of the molecule is C=C1C=NN(C)C(=O)N1C.Cc1nn(C)c(=O)n1C.Cc1nn(C)c(=S)n1C.Cn1c(=O)n(C)n(C)c1=O. The molecule has 1 aliphatic rings. The first-order valence-electron chi connectivity index (χ1n) is 11.1. The molecule has 3 aromatic rings. The molecule has 0 atom stereocenters. The zero-order valence-electron chi connectivity index (χ0n) is 23.7. The molecule has 0 aromatic carbocycles. The second-order valence-electron chi connectivity index (χ2n) is 8.30. The van der Waals surface area contributed by atoms with E-state index >= 15 is 0 Å². The second kappa shape index (κ2) is 12.8. The quantitative estimate of drug-likeness (QED) is 0.329. The number of aromatic nitrogens is 9. The highest BCUT2D eigenvalue weighted by Gasteiger charge is 2.18. The summed E-state index contributed by atoms with van der Waals surface area (Å²) in [6, 6.07) is -0.160. The van der Waals surface area contributed by atoms with Gasteiger partial charge in [0.2, 0.25) is 0 Å². The topological polar surface area (TPSA) is 147 Å². The van der Waals surface area contributed by atoms with Gasteiger partial charge in [-0.15, -0.1) is 0 Å². The number of aryl methyl sites for hydroxylation is 4. The Labute approximate surface area is 224 Å². The lowest BCUT2D eigenvalue weighted by Crippen LogP contribution is -2.39. The molecule has 4 rings (SSSR count). The van der Waals surface area contributed by atoms with Gasteiger partial charge in [-0.2, -0.15) is 15.3 Å². The summed E-state index contributed by atoms with van der Waals surface area (Å²) in [6.07, 6.45) is 1.54. The van der Waals surface area contributed by atoms with Gasteiger partial charge in [0.05, 0.1) is 11.9 Å². The Morgan fingerprint density at radius 1 is 0.684 bits per heavy atom. The van der Waals surface area contributed by atoms with Crippen molar-refractivity contribution in [3.8, 4) is 0 Å². The molecule has 0 saturated carbocycles. The molecule has 17 heteroatoms. The number of hydrogen-bond donors (Lipinski definition) is 0. The highest BCUT2D eigenvalue weighted by molar-refractivity contribution is 7.71. The fourth-order valence-corrected chi connectivity index (χ4v) is 2.94. The Balaban J connectivity index is 0.000000254. The summed E-state index contributed by atoms with van der Waals surface area (Å²) < 4.78 is 10.7. The predicted molar refractivity (Wildman–Crippen MR) is 145 cm³/mol. The number of urea groups is 1. The van der Waals surface area contributed by atoms with Gasteiger partial charge in [0.1, 0.15) is 11.6 Å². The fourth-order valence-electron chi connectivity index (χ4n) is 2.77. The van der Waals surface area contributed by atoms with Gasteiger partial charge >= 0.3 is 23.1 Å².